The van der Waals surface area contributed by atoms with E-state index in [0.29, 0.717) is 5.70 Å². The van der Waals surface area contributed by atoms with Gasteiger partial charge < -0.3 is 14.5 Å². The Morgan fingerprint density at radius 1 is 1.41 bits per heavy atom. The number of nitro groups is 1. The smallest absolute Gasteiger partial charge is 0.433 e. The number of hydrogen-bond donors (Lipinski definition) is 3. The second-order valence-electron chi connectivity index (χ2n) is 5.61. The van der Waals surface area contributed by atoms with Crippen LogP contribution in [0.25, 0.3) is 0 Å². The third-order valence-electron chi connectivity index (χ3n) is 3.90. The Bertz CT molecular complexity index is 1090. The van der Waals surface area contributed by atoms with E-state index in [2.05, 4.69) is 21.9 Å². The summed E-state index contributed by atoms with van der Waals surface area (Å²) in [6.07, 6.45) is 1.37. The highest BCUT2D eigenvalue weighted by molar-refractivity contribution is 5.94. The van der Waals surface area contributed by atoms with Crippen molar-refractivity contribution in [3.8, 4) is 0 Å². The molecule has 0 radical (unpaired) electrons. The second kappa shape index (κ2) is 6.78. The lowest BCUT2D eigenvalue weighted by Crippen LogP contribution is -2.34. The molecule has 0 amide bonds. The summed E-state index contributed by atoms with van der Waals surface area (Å²) in [6, 6.07) is 2.40. The molecule has 0 saturated heterocycles. The van der Waals surface area contributed by atoms with E-state index in [0.717, 1.165) is 6.07 Å². The third-order valence-corrected chi connectivity index (χ3v) is 3.90. The van der Waals surface area contributed by atoms with Gasteiger partial charge >= 0.3 is 17.5 Å². The van der Waals surface area contributed by atoms with Gasteiger partial charge in [0.05, 0.1) is 23.1 Å². The molecular weight excluding hydrogens is 360 g/mol. The van der Waals surface area contributed by atoms with Gasteiger partial charge in [-0.3, -0.25) is 24.9 Å². The van der Waals surface area contributed by atoms with Crippen molar-refractivity contribution in [2.45, 2.75) is 12.8 Å². The number of anilines is 1. The largest absolute Gasteiger partial charge is 0.458 e. The average molecular weight is 374 g/mol. The summed E-state index contributed by atoms with van der Waals surface area (Å²) in [6.45, 7) is 4.92. The highest BCUT2D eigenvalue weighted by atomic mass is 16.6. The van der Waals surface area contributed by atoms with Crippen molar-refractivity contribution in [1.29, 1.82) is 0 Å². The highest BCUT2D eigenvalue weighted by Gasteiger charge is 2.38. The summed E-state index contributed by atoms with van der Waals surface area (Å²) in [4.78, 5) is 51.3. The van der Waals surface area contributed by atoms with E-state index in [1.807, 2.05) is 0 Å². The zero-order valence-electron chi connectivity index (χ0n) is 14.0. The summed E-state index contributed by atoms with van der Waals surface area (Å²) in [7, 11) is 0. The molecule has 11 heteroatoms. The summed E-state index contributed by atoms with van der Waals surface area (Å²) in [5.41, 5.74) is -1.24. The number of aromatic amines is 2. The summed E-state index contributed by atoms with van der Waals surface area (Å²) < 4.78 is 10.3. The topological polar surface area (TPSA) is 160 Å². The predicted octanol–water partition coefficient (Wildman–Crippen LogP) is 1.13. The molecule has 3 N–H and O–H groups in total. The molecule has 1 atom stereocenters. The van der Waals surface area contributed by atoms with Crippen LogP contribution in [0.4, 0.5) is 11.7 Å². The number of allylic oxidation sites excluding steroid dienone is 1. The number of ether oxygens (including phenoxy) is 1. The molecule has 1 aliphatic heterocycles. The molecule has 2 aromatic rings. The van der Waals surface area contributed by atoms with Crippen molar-refractivity contribution in [1.82, 2.24) is 9.97 Å². The molecule has 3 rings (SSSR count). The van der Waals surface area contributed by atoms with Crippen LogP contribution in [-0.4, -0.2) is 27.5 Å². The average Bonchev–Trinajstić information content (AvgIpc) is 3.08. The van der Waals surface area contributed by atoms with Crippen LogP contribution in [-0.2, 0) is 9.53 Å². The normalized spacial score (nSPS) is 15.7. The Labute approximate surface area is 150 Å². The van der Waals surface area contributed by atoms with E-state index in [1.54, 1.807) is 0 Å². The number of H-pyrrole nitrogens is 2. The second-order valence-corrected chi connectivity index (χ2v) is 5.61. The molecule has 11 nitrogen and oxygen atoms in total. The van der Waals surface area contributed by atoms with E-state index < -0.39 is 33.9 Å². The van der Waals surface area contributed by atoms with Crippen molar-refractivity contribution in [3.63, 3.8) is 0 Å². The van der Waals surface area contributed by atoms with E-state index in [9.17, 15) is 24.5 Å². The minimum atomic E-state index is -1.12. The van der Waals surface area contributed by atoms with Gasteiger partial charge in [0, 0.05) is 5.70 Å². The van der Waals surface area contributed by atoms with E-state index >= 15 is 0 Å². The number of rotatable bonds is 5. The molecule has 0 spiro atoms. The fourth-order valence-electron chi connectivity index (χ4n) is 2.85. The first-order valence-electron chi connectivity index (χ1n) is 7.70. The molecule has 0 bridgehead atoms. The molecule has 1 unspecified atom stereocenters. The third kappa shape index (κ3) is 3.17. The van der Waals surface area contributed by atoms with Crippen molar-refractivity contribution in [3.05, 3.63) is 78.3 Å². The fraction of sp³-hybridized carbons (Fsp3) is 0.188. The lowest BCUT2D eigenvalue weighted by atomic mass is 9.86. The molecule has 0 aliphatic carbocycles. The molecule has 140 valence electrons. The summed E-state index contributed by atoms with van der Waals surface area (Å²) in [5.74, 6) is -2.40. The molecule has 1 aliphatic rings. The Balaban J connectivity index is 2.23. The first kappa shape index (κ1) is 17.9. The Hall–Kier alpha value is -3.89. The standard InChI is InChI=1S/C16H14N4O7/c1-3-6-26-15(22)10-7(2)17-13-12(14(21)19-16(23)18-13)11(10)8-4-5-9(27-8)20(24)25/h3-5,11H,1,6H2,2H3,(H3,17,18,19,21,23). The molecule has 0 saturated carbocycles. The Morgan fingerprint density at radius 3 is 2.78 bits per heavy atom. The first-order chi connectivity index (χ1) is 12.8. The maximum atomic E-state index is 12.6. The molecule has 0 aromatic carbocycles. The van der Waals surface area contributed by atoms with E-state index in [-0.39, 0.29) is 29.3 Å². The minimum absolute atomic E-state index is 0.0196. The zero-order valence-corrected chi connectivity index (χ0v) is 14.0. The van der Waals surface area contributed by atoms with Gasteiger partial charge in [-0.2, -0.15) is 0 Å². The van der Waals surface area contributed by atoms with Gasteiger partial charge in [0.15, 0.2) is 0 Å². The summed E-state index contributed by atoms with van der Waals surface area (Å²) >= 11 is 0. The molecule has 0 fully saturated rings. The van der Waals surface area contributed by atoms with Gasteiger partial charge in [-0.15, -0.1) is 0 Å². The van der Waals surface area contributed by atoms with Gasteiger partial charge in [-0.1, -0.05) is 12.7 Å². The first-order valence-corrected chi connectivity index (χ1v) is 7.70. The van der Waals surface area contributed by atoms with Crippen LogP contribution < -0.4 is 16.6 Å². The van der Waals surface area contributed by atoms with Crippen LogP contribution >= 0.6 is 0 Å². The molecule has 3 heterocycles. The SMILES string of the molecule is C=CCOC(=O)C1=C(C)Nc2[nH]c(=O)[nH]c(=O)c2C1c1ccc([N+](=O)[O-])o1. The Kier molecular flexibility index (Phi) is 4.50. The summed E-state index contributed by atoms with van der Waals surface area (Å²) in [5, 5.41) is 13.7. The maximum Gasteiger partial charge on any atom is 0.433 e. The van der Waals surface area contributed by atoms with E-state index in [1.165, 1.54) is 19.1 Å². The fourth-order valence-corrected chi connectivity index (χ4v) is 2.85. The number of nitrogens with zero attached hydrogens (tertiary/aromatic N) is 1. The quantitative estimate of drug-likeness (QED) is 0.304. The number of fused-ring (bicyclic) bond motifs is 1. The predicted molar refractivity (Wildman–Crippen MR) is 92.4 cm³/mol. The van der Waals surface area contributed by atoms with Crippen molar-refractivity contribution in [2.75, 3.05) is 11.9 Å². The minimum Gasteiger partial charge on any atom is -0.458 e. The molecule has 27 heavy (non-hydrogen) atoms. The van der Waals surface area contributed by atoms with Crippen LogP contribution in [0.5, 0.6) is 0 Å². The van der Waals surface area contributed by atoms with Crippen LogP contribution in [0.1, 0.15) is 24.2 Å². The van der Waals surface area contributed by atoms with Crippen LogP contribution in [0.15, 0.2) is 50.1 Å². The van der Waals surface area contributed by atoms with Crippen molar-refractivity contribution < 1.29 is 18.9 Å². The van der Waals surface area contributed by atoms with Gasteiger partial charge in [0.25, 0.3) is 5.56 Å². The maximum absolute atomic E-state index is 12.6. The van der Waals surface area contributed by atoms with Crippen molar-refractivity contribution >= 4 is 17.7 Å². The van der Waals surface area contributed by atoms with Gasteiger partial charge in [0.1, 0.15) is 23.1 Å². The number of carbonyl (C=O) groups excluding carboxylic acids is 1. The molecular formula is C16H14N4O7. The lowest BCUT2D eigenvalue weighted by Gasteiger charge is -2.26. The molecule has 2 aromatic heterocycles. The number of furan rings is 1. The number of esters is 1. The van der Waals surface area contributed by atoms with Crippen LogP contribution in [0, 0.1) is 10.1 Å². The monoisotopic (exact) mass is 374 g/mol. The lowest BCUT2D eigenvalue weighted by molar-refractivity contribution is -0.402. The zero-order chi connectivity index (χ0) is 19.7. The highest BCUT2D eigenvalue weighted by Crippen LogP contribution is 2.40. The number of carbonyl (C=O) groups is 1. The number of nitrogens with one attached hydrogen (secondary N) is 3. The van der Waals surface area contributed by atoms with Crippen molar-refractivity contribution in [2.24, 2.45) is 0 Å². The van der Waals surface area contributed by atoms with Gasteiger partial charge in [0.2, 0.25) is 0 Å². The van der Waals surface area contributed by atoms with Crippen LogP contribution in [0.2, 0.25) is 0 Å². The van der Waals surface area contributed by atoms with Gasteiger partial charge in [-0.25, -0.2) is 9.59 Å². The number of hydrogen-bond acceptors (Lipinski definition) is 8. The van der Waals surface area contributed by atoms with Gasteiger partial charge in [-0.05, 0) is 13.0 Å². The van der Waals surface area contributed by atoms with E-state index in [4.69, 9.17) is 9.15 Å². The van der Waals surface area contributed by atoms with Crippen LogP contribution in [0.3, 0.4) is 0 Å². The Morgan fingerprint density at radius 2 is 2.15 bits per heavy atom. The number of aromatic nitrogens is 2.